The van der Waals surface area contributed by atoms with Crippen molar-refractivity contribution in [3.8, 4) is 11.5 Å². The van der Waals surface area contributed by atoms with Crippen molar-refractivity contribution >= 4 is 33.2 Å². The molecule has 1 amide bonds. The molecule has 7 nitrogen and oxygen atoms in total. The van der Waals surface area contributed by atoms with Crippen molar-refractivity contribution < 1.29 is 22.7 Å². The number of sulfonamides is 1. The Kier molecular flexibility index (Phi) is 7.37. The maximum absolute atomic E-state index is 13.0. The number of hydrogen-bond acceptors (Lipinski definition) is 5. The SMILES string of the molecule is COc1cc(OC)c(NS(=O)(=O)c2cc(C(=O)NCC(C)C)ccc2C)cc1Cl. The number of hydrogen-bond donors (Lipinski definition) is 2. The summed E-state index contributed by atoms with van der Waals surface area (Å²) in [4.78, 5) is 12.3. The lowest BCUT2D eigenvalue weighted by Gasteiger charge is -2.16. The number of nitrogens with one attached hydrogen (secondary N) is 2. The lowest BCUT2D eigenvalue weighted by atomic mass is 10.1. The molecule has 29 heavy (non-hydrogen) atoms. The van der Waals surface area contributed by atoms with Crippen LogP contribution < -0.4 is 19.5 Å². The molecular weight excluding hydrogens is 416 g/mol. The average molecular weight is 441 g/mol. The fraction of sp³-hybridized carbons (Fsp3) is 0.350. The van der Waals surface area contributed by atoms with Crippen LogP contribution in [0.3, 0.4) is 0 Å². The number of benzene rings is 2. The van der Waals surface area contributed by atoms with Crippen molar-refractivity contribution in [3.05, 3.63) is 46.5 Å². The molecule has 0 fully saturated rings. The number of methoxy groups -OCH3 is 2. The Hall–Kier alpha value is -2.45. The van der Waals surface area contributed by atoms with E-state index in [9.17, 15) is 13.2 Å². The fourth-order valence-electron chi connectivity index (χ4n) is 2.57. The molecule has 0 saturated carbocycles. The molecule has 158 valence electrons. The van der Waals surface area contributed by atoms with E-state index in [-0.39, 0.29) is 38.7 Å². The van der Waals surface area contributed by atoms with Gasteiger partial charge in [-0.15, -0.1) is 0 Å². The monoisotopic (exact) mass is 440 g/mol. The number of halogens is 1. The van der Waals surface area contributed by atoms with Gasteiger partial charge in [0.15, 0.2) is 0 Å². The Balaban J connectivity index is 2.40. The summed E-state index contributed by atoms with van der Waals surface area (Å²) in [6, 6.07) is 7.44. The van der Waals surface area contributed by atoms with Gasteiger partial charge in [-0.25, -0.2) is 8.42 Å². The highest BCUT2D eigenvalue weighted by molar-refractivity contribution is 7.92. The van der Waals surface area contributed by atoms with Crippen molar-refractivity contribution in [2.45, 2.75) is 25.7 Å². The van der Waals surface area contributed by atoms with E-state index in [4.69, 9.17) is 21.1 Å². The highest BCUT2D eigenvalue weighted by Gasteiger charge is 2.22. The van der Waals surface area contributed by atoms with E-state index in [1.54, 1.807) is 19.1 Å². The van der Waals surface area contributed by atoms with Crippen LogP contribution in [0.15, 0.2) is 35.2 Å². The lowest BCUT2D eigenvalue weighted by Crippen LogP contribution is -2.27. The van der Waals surface area contributed by atoms with Crippen LogP contribution in [0.1, 0.15) is 29.8 Å². The van der Waals surface area contributed by atoms with E-state index in [0.717, 1.165) is 0 Å². The van der Waals surface area contributed by atoms with Gasteiger partial charge in [0.1, 0.15) is 11.5 Å². The van der Waals surface area contributed by atoms with E-state index in [1.807, 2.05) is 13.8 Å². The number of anilines is 1. The van der Waals surface area contributed by atoms with Crippen molar-refractivity contribution in [1.82, 2.24) is 5.32 Å². The topological polar surface area (TPSA) is 93.7 Å². The normalized spacial score (nSPS) is 11.3. The standard InChI is InChI=1S/C20H25ClN2O5S/c1-12(2)11-22-20(24)14-7-6-13(3)19(8-14)29(25,26)23-16-9-15(21)17(27-4)10-18(16)28-5/h6-10,12,23H,11H2,1-5H3,(H,22,24). The molecule has 0 saturated heterocycles. The zero-order chi connectivity index (χ0) is 21.8. The minimum absolute atomic E-state index is 0.0105. The number of carbonyl (C=O) groups excluding carboxylic acids is 1. The predicted octanol–water partition coefficient (Wildman–Crippen LogP) is 3.85. The van der Waals surface area contributed by atoms with Crippen molar-refractivity contribution in [1.29, 1.82) is 0 Å². The Labute approximate surface area is 176 Å². The van der Waals surface area contributed by atoms with E-state index < -0.39 is 10.0 Å². The van der Waals surface area contributed by atoms with Crippen LogP contribution >= 0.6 is 11.6 Å². The lowest BCUT2D eigenvalue weighted by molar-refractivity contribution is 0.0949. The van der Waals surface area contributed by atoms with Gasteiger partial charge in [0.05, 0.1) is 29.8 Å². The Morgan fingerprint density at radius 1 is 1.10 bits per heavy atom. The number of carbonyl (C=O) groups is 1. The van der Waals surface area contributed by atoms with Crippen molar-refractivity contribution in [2.75, 3.05) is 25.5 Å². The minimum Gasteiger partial charge on any atom is -0.495 e. The second-order valence-electron chi connectivity index (χ2n) is 6.88. The van der Waals surface area contributed by atoms with Gasteiger partial charge in [0.2, 0.25) is 0 Å². The molecule has 0 radical (unpaired) electrons. The quantitative estimate of drug-likeness (QED) is 0.650. The third kappa shape index (κ3) is 5.55. The minimum atomic E-state index is -4.01. The van der Waals surface area contributed by atoms with Gasteiger partial charge in [-0.1, -0.05) is 31.5 Å². The van der Waals surface area contributed by atoms with Crippen LogP contribution in [0.25, 0.3) is 0 Å². The summed E-state index contributed by atoms with van der Waals surface area (Å²) < 4.78 is 38.9. The highest BCUT2D eigenvalue weighted by Crippen LogP contribution is 2.37. The Morgan fingerprint density at radius 3 is 2.34 bits per heavy atom. The first-order valence-corrected chi connectivity index (χ1v) is 10.8. The molecule has 0 spiro atoms. The third-order valence-electron chi connectivity index (χ3n) is 4.13. The summed E-state index contributed by atoms with van der Waals surface area (Å²) in [5.41, 5.74) is 0.917. The molecule has 0 aromatic heterocycles. The second-order valence-corrected chi connectivity index (χ2v) is 8.93. The molecule has 2 N–H and O–H groups in total. The average Bonchev–Trinajstić information content (AvgIpc) is 2.66. The molecule has 0 bridgehead atoms. The van der Waals surface area contributed by atoms with Crippen LogP contribution in [-0.4, -0.2) is 35.1 Å². The summed E-state index contributed by atoms with van der Waals surface area (Å²) >= 11 is 6.12. The molecule has 0 unspecified atom stereocenters. The molecule has 0 atom stereocenters. The zero-order valence-corrected chi connectivity index (χ0v) is 18.6. The van der Waals surface area contributed by atoms with E-state index in [2.05, 4.69) is 10.0 Å². The van der Waals surface area contributed by atoms with Gasteiger partial charge in [-0.3, -0.25) is 9.52 Å². The smallest absolute Gasteiger partial charge is 0.262 e. The van der Waals surface area contributed by atoms with Crippen LogP contribution in [0.2, 0.25) is 5.02 Å². The number of rotatable bonds is 8. The van der Waals surface area contributed by atoms with Gasteiger partial charge in [0.25, 0.3) is 15.9 Å². The van der Waals surface area contributed by atoms with E-state index in [0.29, 0.717) is 17.9 Å². The highest BCUT2D eigenvalue weighted by atomic mass is 35.5. The first kappa shape index (κ1) is 22.8. The molecule has 0 aliphatic rings. The van der Waals surface area contributed by atoms with Crippen LogP contribution in [0.5, 0.6) is 11.5 Å². The summed E-state index contributed by atoms with van der Waals surface area (Å²) in [6.07, 6.45) is 0. The van der Waals surface area contributed by atoms with Gasteiger partial charge in [0, 0.05) is 18.2 Å². The summed E-state index contributed by atoms with van der Waals surface area (Å²) in [5, 5.41) is 3.01. The largest absolute Gasteiger partial charge is 0.495 e. The Bertz CT molecular complexity index is 1010. The van der Waals surface area contributed by atoms with Crippen molar-refractivity contribution in [3.63, 3.8) is 0 Å². The molecule has 2 aromatic carbocycles. The summed E-state index contributed by atoms with van der Waals surface area (Å²) in [5.74, 6) is 0.548. The molecule has 0 heterocycles. The number of aryl methyl sites for hydroxylation is 1. The predicted molar refractivity (Wildman–Crippen MR) is 114 cm³/mol. The summed E-state index contributed by atoms with van der Waals surface area (Å²) in [6.45, 7) is 6.10. The van der Waals surface area contributed by atoms with Crippen LogP contribution in [-0.2, 0) is 10.0 Å². The molecule has 9 heteroatoms. The number of ether oxygens (including phenoxy) is 2. The number of amides is 1. The molecule has 2 rings (SSSR count). The maximum Gasteiger partial charge on any atom is 0.262 e. The first-order chi connectivity index (χ1) is 13.6. The van der Waals surface area contributed by atoms with Crippen molar-refractivity contribution in [2.24, 2.45) is 5.92 Å². The first-order valence-electron chi connectivity index (χ1n) is 8.92. The molecular formula is C20H25ClN2O5S. The Morgan fingerprint density at radius 2 is 1.76 bits per heavy atom. The molecule has 2 aromatic rings. The van der Waals surface area contributed by atoms with Crippen LogP contribution in [0.4, 0.5) is 5.69 Å². The van der Waals surface area contributed by atoms with Gasteiger partial charge >= 0.3 is 0 Å². The summed E-state index contributed by atoms with van der Waals surface area (Å²) in [7, 11) is -1.15. The van der Waals surface area contributed by atoms with Gasteiger partial charge in [-0.2, -0.15) is 0 Å². The fourth-order valence-corrected chi connectivity index (χ4v) is 4.14. The van der Waals surface area contributed by atoms with Crippen LogP contribution in [0, 0.1) is 12.8 Å². The molecule has 0 aliphatic heterocycles. The maximum atomic E-state index is 13.0. The van der Waals surface area contributed by atoms with E-state index in [1.165, 1.54) is 32.4 Å². The van der Waals surface area contributed by atoms with Gasteiger partial charge < -0.3 is 14.8 Å². The van der Waals surface area contributed by atoms with Gasteiger partial charge in [-0.05, 0) is 36.6 Å². The second kappa shape index (κ2) is 9.37. The molecule has 0 aliphatic carbocycles. The third-order valence-corrected chi connectivity index (χ3v) is 5.93. The van der Waals surface area contributed by atoms with E-state index >= 15 is 0 Å². The zero-order valence-electron chi connectivity index (χ0n) is 17.0.